The van der Waals surface area contributed by atoms with Gasteiger partial charge in [0.25, 0.3) is 0 Å². The molecule has 0 saturated heterocycles. The topological polar surface area (TPSA) is 17.1 Å². The summed E-state index contributed by atoms with van der Waals surface area (Å²) in [7, 11) is 0. The minimum absolute atomic E-state index is 0.192. The Labute approximate surface area is 75.9 Å². The predicted octanol–water partition coefficient (Wildman–Crippen LogP) is 3.20. The van der Waals surface area contributed by atoms with E-state index in [9.17, 15) is 4.79 Å². The van der Waals surface area contributed by atoms with Crippen molar-refractivity contribution in [2.75, 3.05) is 0 Å². The van der Waals surface area contributed by atoms with Gasteiger partial charge in [-0.1, -0.05) is 39.8 Å². The van der Waals surface area contributed by atoms with Crippen LogP contribution in [-0.2, 0) is 4.79 Å². The smallest absolute Gasteiger partial charge is 0.135 e. The monoisotopic (exact) mass is 168 g/mol. The van der Waals surface area contributed by atoms with Gasteiger partial charge in [-0.15, -0.1) is 0 Å². The second-order valence-corrected chi connectivity index (χ2v) is 3.83. The zero-order valence-electron chi connectivity index (χ0n) is 8.63. The van der Waals surface area contributed by atoms with Crippen molar-refractivity contribution in [2.24, 2.45) is 11.8 Å². The average Bonchev–Trinajstić information content (AvgIpc) is 1.97. The van der Waals surface area contributed by atoms with E-state index in [1.54, 1.807) is 0 Å². The van der Waals surface area contributed by atoms with Crippen molar-refractivity contribution in [3.05, 3.63) is 12.2 Å². The molecule has 0 bridgehead atoms. The van der Waals surface area contributed by atoms with Gasteiger partial charge in [-0.2, -0.15) is 0 Å². The van der Waals surface area contributed by atoms with Crippen LogP contribution in [-0.4, -0.2) is 5.78 Å². The molecule has 0 unspecified atom stereocenters. The predicted molar refractivity (Wildman–Crippen MR) is 53.1 cm³/mol. The molecule has 12 heavy (non-hydrogen) atoms. The largest absolute Gasteiger partial charge is 0.299 e. The number of allylic oxidation sites excluding steroid dienone is 2. The van der Waals surface area contributed by atoms with E-state index in [0.717, 1.165) is 6.42 Å². The molecule has 0 spiro atoms. The first-order valence-electron chi connectivity index (χ1n) is 4.73. The number of hydrogen-bond donors (Lipinski definition) is 0. The molecule has 0 saturated carbocycles. The van der Waals surface area contributed by atoms with Crippen molar-refractivity contribution >= 4 is 5.78 Å². The molecule has 0 heterocycles. The maximum Gasteiger partial charge on any atom is 0.135 e. The standard InChI is InChI=1S/C11H20O/c1-9(2)7-5-6-8-11(12)10(3)4/h5,7,9-10H,6,8H2,1-4H3/b7-5+. The third kappa shape index (κ3) is 6.14. The van der Waals surface area contributed by atoms with E-state index in [0.29, 0.717) is 18.1 Å². The molecule has 0 aliphatic rings. The molecule has 70 valence electrons. The fourth-order valence-corrected chi connectivity index (χ4v) is 0.883. The molecule has 0 fully saturated rings. The highest BCUT2D eigenvalue weighted by Gasteiger charge is 2.04. The molecular weight excluding hydrogens is 148 g/mol. The first-order valence-corrected chi connectivity index (χ1v) is 4.73. The first kappa shape index (κ1) is 11.4. The van der Waals surface area contributed by atoms with Gasteiger partial charge in [-0.25, -0.2) is 0 Å². The summed E-state index contributed by atoms with van der Waals surface area (Å²) in [4.78, 5) is 11.2. The summed E-state index contributed by atoms with van der Waals surface area (Å²) in [6.45, 7) is 8.19. The van der Waals surface area contributed by atoms with E-state index in [-0.39, 0.29) is 5.92 Å². The van der Waals surface area contributed by atoms with E-state index in [1.165, 1.54) is 0 Å². The third-order valence-electron chi connectivity index (χ3n) is 1.72. The zero-order valence-corrected chi connectivity index (χ0v) is 8.63. The van der Waals surface area contributed by atoms with E-state index in [4.69, 9.17) is 0 Å². The summed E-state index contributed by atoms with van der Waals surface area (Å²) in [5, 5.41) is 0. The Balaban J connectivity index is 3.50. The van der Waals surface area contributed by atoms with Crippen LogP contribution in [0.5, 0.6) is 0 Å². The Kier molecular flexibility index (Phi) is 5.69. The van der Waals surface area contributed by atoms with Gasteiger partial charge in [-0.3, -0.25) is 4.79 Å². The van der Waals surface area contributed by atoms with Gasteiger partial charge in [0, 0.05) is 12.3 Å². The lowest BCUT2D eigenvalue weighted by atomic mass is 10.0. The molecule has 0 aromatic rings. The van der Waals surface area contributed by atoms with Gasteiger partial charge in [0.05, 0.1) is 0 Å². The fourth-order valence-electron chi connectivity index (χ4n) is 0.883. The van der Waals surface area contributed by atoms with Gasteiger partial charge in [0.2, 0.25) is 0 Å². The maximum atomic E-state index is 11.2. The Bertz CT molecular complexity index is 154. The Morgan fingerprint density at radius 3 is 2.25 bits per heavy atom. The lowest BCUT2D eigenvalue weighted by molar-refractivity contribution is -0.121. The minimum Gasteiger partial charge on any atom is -0.299 e. The van der Waals surface area contributed by atoms with Gasteiger partial charge in [-0.05, 0) is 12.3 Å². The maximum absolute atomic E-state index is 11.2. The zero-order chi connectivity index (χ0) is 9.56. The van der Waals surface area contributed by atoms with Crippen LogP contribution in [0.15, 0.2) is 12.2 Å². The van der Waals surface area contributed by atoms with Crippen LogP contribution in [0.4, 0.5) is 0 Å². The lowest BCUT2D eigenvalue weighted by Crippen LogP contribution is -2.05. The van der Waals surface area contributed by atoms with Crippen LogP contribution >= 0.6 is 0 Å². The fraction of sp³-hybridized carbons (Fsp3) is 0.727. The molecule has 1 heteroatoms. The second-order valence-electron chi connectivity index (χ2n) is 3.83. The van der Waals surface area contributed by atoms with Crippen molar-refractivity contribution in [3.8, 4) is 0 Å². The Hall–Kier alpha value is -0.590. The first-order chi connectivity index (χ1) is 5.54. The number of hydrogen-bond acceptors (Lipinski definition) is 1. The minimum atomic E-state index is 0.192. The molecule has 0 aliphatic carbocycles. The molecule has 0 atom stereocenters. The van der Waals surface area contributed by atoms with Crippen LogP contribution in [0.1, 0.15) is 40.5 Å². The summed E-state index contributed by atoms with van der Waals surface area (Å²) in [6.07, 6.45) is 5.84. The van der Waals surface area contributed by atoms with Gasteiger partial charge < -0.3 is 0 Å². The van der Waals surface area contributed by atoms with E-state index in [1.807, 2.05) is 13.8 Å². The number of carbonyl (C=O) groups is 1. The molecule has 0 aromatic carbocycles. The van der Waals surface area contributed by atoms with Crippen LogP contribution in [0.3, 0.4) is 0 Å². The van der Waals surface area contributed by atoms with Gasteiger partial charge >= 0.3 is 0 Å². The SMILES string of the molecule is CC(C)/C=C/CCC(=O)C(C)C. The van der Waals surface area contributed by atoms with Crippen molar-refractivity contribution in [2.45, 2.75) is 40.5 Å². The van der Waals surface area contributed by atoms with E-state index >= 15 is 0 Å². The molecule has 0 radical (unpaired) electrons. The van der Waals surface area contributed by atoms with E-state index < -0.39 is 0 Å². The normalized spacial score (nSPS) is 11.8. The Morgan fingerprint density at radius 2 is 1.83 bits per heavy atom. The van der Waals surface area contributed by atoms with E-state index in [2.05, 4.69) is 26.0 Å². The van der Waals surface area contributed by atoms with Crippen molar-refractivity contribution in [1.82, 2.24) is 0 Å². The van der Waals surface area contributed by atoms with Gasteiger partial charge in [0.15, 0.2) is 0 Å². The summed E-state index contributed by atoms with van der Waals surface area (Å²) in [5.41, 5.74) is 0. The molecular formula is C11H20O. The summed E-state index contributed by atoms with van der Waals surface area (Å²) >= 11 is 0. The second kappa shape index (κ2) is 5.99. The van der Waals surface area contributed by atoms with Crippen LogP contribution in [0.25, 0.3) is 0 Å². The quantitative estimate of drug-likeness (QED) is 0.576. The Morgan fingerprint density at radius 1 is 1.25 bits per heavy atom. The molecule has 0 aromatic heterocycles. The lowest BCUT2D eigenvalue weighted by Gasteiger charge is -2.00. The van der Waals surface area contributed by atoms with Crippen molar-refractivity contribution < 1.29 is 4.79 Å². The third-order valence-corrected chi connectivity index (χ3v) is 1.72. The van der Waals surface area contributed by atoms with Crippen molar-refractivity contribution in [3.63, 3.8) is 0 Å². The highest BCUT2D eigenvalue weighted by molar-refractivity contribution is 5.80. The van der Waals surface area contributed by atoms with Crippen molar-refractivity contribution in [1.29, 1.82) is 0 Å². The number of ketones is 1. The summed E-state index contributed by atoms with van der Waals surface area (Å²) < 4.78 is 0. The van der Waals surface area contributed by atoms with Gasteiger partial charge in [0.1, 0.15) is 5.78 Å². The summed E-state index contributed by atoms with van der Waals surface area (Å²) in [5.74, 6) is 1.15. The number of carbonyl (C=O) groups excluding carboxylic acids is 1. The summed E-state index contributed by atoms with van der Waals surface area (Å²) in [6, 6.07) is 0. The molecule has 0 N–H and O–H groups in total. The van der Waals surface area contributed by atoms with Crippen LogP contribution < -0.4 is 0 Å². The van der Waals surface area contributed by atoms with Crippen LogP contribution in [0, 0.1) is 11.8 Å². The molecule has 0 aliphatic heterocycles. The number of Topliss-reactive ketones (excluding diaryl/α,β-unsaturated/α-hetero) is 1. The molecule has 0 amide bonds. The highest BCUT2D eigenvalue weighted by atomic mass is 16.1. The average molecular weight is 168 g/mol. The highest BCUT2D eigenvalue weighted by Crippen LogP contribution is 2.03. The molecule has 1 nitrogen and oxygen atoms in total. The van der Waals surface area contributed by atoms with Crippen LogP contribution in [0.2, 0.25) is 0 Å². The number of rotatable bonds is 5. The molecule has 0 rings (SSSR count).